The molecule has 0 radical (unpaired) electrons. The van der Waals surface area contributed by atoms with Crippen molar-refractivity contribution in [2.45, 2.75) is 38.2 Å². The van der Waals surface area contributed by atoms with Gasteiger partial charge in [-0.3, -0.25) is 9.69 Å². The highest BCUT2D eigenvalue weighted by Gasteiger charge is 2.19. The Hall–Kier alpha value is -2.49. The third kappa shape index (κ3) is 4.33. The molecular formula is C21H21N5OS3. The molecule has 6 nitrogen and oxygen atoms in total. The number of carbonyl (C=O) groups excluding carboxylic acids is 1. The third-order valence-electron chi connectivity index (χ3n) is 4.43. The lowest BCUT2D eigenvalue weighted by molar-refractivity contribution is -0.115. The highest BCUT2D eigenvalue weighted by atomic mass is 32.2. The van der Waals surface area contributed by atoms with Crippen molar-refractivity contribution < 1.29 is 4.79 Å². The molecular weight excluding hydrogens is 434 g/mol. The molecule has 0 aliphatic rings. The number of hydrogen-bond donors (Lipinski definition) is 0. The SMILES string of the molecule is CCn1c(SCc2csc(N(C(C)=O)c3cccc(C)c3)n2)nnc1-c1cccs1. The van der Waals surface area contributed by atoms with Gasteiger partial charge in [-0.15, -0.1) is 32.9 Å². The van der Waals surface area contributed by atoms with Gasteiger partial charge in [-0.2, -0.15) is 0 Å². The average molecular weight is 456 g/mol. The maximum atomic E-state index is 12.3. The topological polar surface area (TPSA) is 63.9 Å². The number of aryl methyl sites for hydroxylation is 1. The van der Waals surface area contributed by atoms with Crippen molar-refractivity contribution >= 4 is 51.2 Å². The Bertz CT molecular complexity index is 1150. The largest absolute Gasteiger partial charge is 0.302 e. The van der Waals surface area contributed by atoms with Gasteiger partial charge in [0.25, 0.3) is 0 Å². The minimum absolute atomic E-state index is 0.0551. The van der Waals surface area contributed by atoms with Crippen LogP contribution in [0.1, 0.15) is 25.1 Å². The smallest absolute Gasteiger partial charge is 0.230 e. The average Bonchev–Trinajstić information content (AvgIpc) is 3.46. The van der Waals surface area contributed by atoms with Gasteiger partial charge in [0.15, 0.2) is 16.1 Å². The third-order valence-corrected chi connectivity index (χ3v) is 7.17. The van der Waals surface area contributed by atoms with Crippen molar-refractivity contribution in [3.8, 4) is 10.7 Å². The minimum atomic E-state index is -0.0551. The Morgan fingerprint density at radius 1 is 1.20 bits per heavy atom. The van der Waals surface area contributed by atoms with Gasteiger partial charge in [0.2, 0.25) is 5.91 Å². The fraction of sp³-hybridized carbons (Fsp3) is 0.238. The van der Waals surface area contributed by atoms with E-state index >= 15 is 0 Å². The first-order valence-corrected chi connectivity index (χ1v) is 12.2. The maximum absolute atomic E-state index is 12.3. The molecule has 3 aromatic heterocycles. The fourth-order valence-corrected chi connectivity index (χ4v) is 5.67. The highest BCUT2D eigenvalue weighted by Crippen LogP contribution is 2.32. The number of thiazole rings is 1. The molecule has 0 atom stereocenters. The molecule has 0 bridgehead atoms. The van der Waals surface area contributed by atoms with Crippen molar-refractivity contribution in [2.75, 3.05) is 4.90 Å². The van der Waals surface area contributed by atoms with E-state index in [1.54, 1.807) is 34.9 Å². The Labute approximate surface area is 187 Å². The number of rotatable bonds is 7. The van der Waals surface area contributed by atoms with Gasteiger partial charge in [-0.05, 0) is 43.0 Å². The molecule has 0 aliphatic heterocycles. The maximum Gasteiger partial charge on any atom is 0.230 e. The Morgan fingerprint density at radius 2 is 2.07 bits per heavy atom. The van der Waals surface area contributed by atoms with Crippen molar-refractivity contribution in [1.82, 2.24) is 19.7 Å². The van der Waals surface area contributed by atoms with Gasteiger partial charge in [-0.1, -0.05) is 30.0 Å². The molecule has 4 aromatic rings. The molecule has 1 aromatic carbocycles. The van der Waals surface area contributed by atoms with Gasteiger partial charge in [0.05, 0.1) is 16.3 Å². The molecule has 154 valence electrons. The summed E-state index contributed by atoms with van der Waals surface area (Å²) in [5.74, 6) is 1.51. The van der Waals surface area contributed by atoms with Gasteiger partial charge < -0.3 is 4.57 Å². The van der Waals surface area contributed by atoms with E-state index in [-0.39, 0.29) is 5.91 Å². The number of anilines is 2. The number of nitrogens with zero attached hydrogens (tertiary/aromatic N) is 5. The molecule has 0 fully saturated rings. The first-order valence-electron chi connectivity index (χ1n) is 9.48. The number of hydrogen-bond acceptors (Lipinski definition) is 7. The van der Waals surface area contributed by atoms with Crippen molar-refractivity contribution in [2.24, 2.45) is 0 Å². The molecule has 0 saturated heterocycles. The first-order chi connectivity index (χ1) is 14.6. The first kappa shape index (κ1) is 20.8. The second-order valence-corrected chi connectivity index (χ2v) is 9.36. The summed E-state index contributed by atoms with van der Waals surface area (Å²) in [6.45, 7) is 6.47. The van der Waals surface area contributed by atoms with Crippen molar-refractivity contribution in [3.05, 3.63) is 58.4 Å². The van der Waals surface area contributed by atoms with Crippen LogP contribution in [0.15, 0.2) is 52.3 Å². The van der Waals surface area contributed by atoms with Crippen LogP contribution in [0, 0.1) is 6.92 Å². The van der Waals surface area contributed by atoms with Crippen LogP contribution in [-0.2, 0) is 17.1 Å². The normalized spacial score (nSPS) is 11.0. The van der Waals surface area contributed by atoms with E-state index in [1.165, 1.54) is 11.3 Å². The zero-order valence-corrected chi connectivity index (χ0v) is 19.4. The molecule has 0 saturated carbocycles. The molecule has 0 aliphatic carbocycles. The fourth-order valence-electron chi connectivity index (χ4n) is 3.07. The lowest BCUT2D eigenvalue weighted by atomic mass is 10.2. The highest BCUT2D eigenvalue weighted by molar-refractivity contribution is 7.98. The van der Waals surface area contributed by atoms with Gasteiger partial charge in [-0.25, -0.2) is 4.98 Å². The summed E-state index contributed by atoms with van der Waals surface area (Å²) in [4.78, 5) is 19.8. The van der Waals surface area contributed by atoms with E-state index in [9.17, 15) is 4.79 Å². The summed E-state index contributed by atoms with van der Waals surface area (Å²) < 4.78 is 2.12. The van der Waals surface area contributed by atoms with Crippen LogP contribution in [0.3, 0.4) is 0 Å². The number of benzene rings is 1. The second-order valence-electron chi connectivity index (χ2n) is 6.63. The lowest BCUT2D eigenvalue weighted by Gasteiger charge is -2.18. The summed E-state index contributed by atoms with van der Waals surface area (Å²) >= 11 is 4.74. The van der Waals surface area contributed by atoms with Crippen molar-refractivity contribution in [3.63, 3.8) is 0 Å². The van der Waals surface area contributed by atoms with Gasteiger partial charge >= 0.3 is 0 Å². The summed E-state index contributed by atoms with van der Waals surface area (Å²) in [6, 6.07) is 12.0. The molecule has 1 amide bonds. The summed E-state index contributed by atoms with van der Waals surface area (Å²) in [5.41, 5.74) is 2.86. The molecule has 4 rings (SSSR count). The Balaban J connectivity index is 1.52. The Kier molecular flexibility index (Phi) is 6.31. The molecule has 30 heavy (non-hydrogen) atoms. The number of aromatic nitrogens is 4. The minimum Gasteiger partial charge on any atom is -0.302 e. The van der Waals surface area contributed by atoms with Crippen LogP contribution in [0.2, 0.25) is 0 Å². The van der Waals surface area contributed by atoms with Crippen LogP contribution < -0.4 is 4.90 Å². The summed E-state index contributed by atoms with van der Waals surface area (Å²) in [5, 5.41) is 14.4. The number of amides is 1. The number of thiophene rings is 1. The number of thioether (sulfide) groups is 1. The lowest BCUT2D eigenvalue weighted by Crippen LogP contribution is -2.22. The van der Waals surface area contributed by atoms with E-state index in [0.717, 1.165) is 39.3 Å². The van der Waals surface area contributed by atoms with Crippen LogP contribution in [0.5, 0.6) is 0 Å². The van der Waals surface area contributed by atoms with Crippen LogP contribution in [0.4, 0.5) is 10.8 Å². The molecule has 0 unspecified atom stereocenters. The predicted molar refractivity (Wildman–Crippen MR) is 125 cm³/mol. The van der Waals surface area contributed by atoms with E-state index in [1.807, 2.05) is 48.0 Å². The monoisotopic (exact) mass is 455 g/mol. The summed E-state index contributed by atoms with van der Waals surface area (Å²) in [7, 11) is 0. The molecule has 0 N–H and O–H groups in total. The predicted octanol–water partition coefficient (Wildman–Crippen LogP) is 5.77. The molecule has 9 heteroatoms. The van der Waals surface area contributed by atoms with Crippen LogP contribution >= 0.6 is 34.4 Å². The van der Waals surface area contributed by atoms with Gasteiger partial charge in [0.1, 0.15) is 0 Å². The number of carbonyl (C=O) groups is 1. The summed E-state index contributed by atoms with van der Waals surface area (Å²) in [6.07, 6.45) is 0. The Morgan fingerprint density at radius 3 is 2.77 bits per heavy atom. The second kappa shape index (κ2) is 9.11. The van der Waals surface area contributed by atoms with E-state index in [2.05, 4.69) is 27.8 Å². The zero-order chi connectivity index (χ0) is 21.1. The van der Waals surface area contributed by atoms with Crippen LogP contribution in [0.25, 0.3) is 10.7 Å². The van der Waals surface area contributed by atoms with E-state index < -0.39 is 0 Å². The molecule has 3 heterocycles. The standard InChI is InChI=1S/C21H21N5OS3/c1-4-25-19(18-9-6-10-28-18)23-24-21(25)30-13-16-12-29-20(22-16)26(15(3)27)17-8-5-7-14(2)11-17/h5-12H,4,13H2,1-3H3. The zero-order valence-electron chi connectivity index (χ0n) is 16.9. The van der Waals surface area contributed by atoms with E-state index in [4.69, 9.17) is 4.98 Å². The molecule has 0 spiro atoms. The van der Waals surface area contributed by atoms with Crippen molar-refractivity contribution in [1.29, 1.82) is 0 Å². The van der Waals surface area contributed by atoms with Crippen LogP contribution in [-0.4, -0.2) is 25.7 Å². The van der Waals surface area contributed by atoms with Gasteiger partial charge in [0, 0.05) is 24.6 Å². The quantitative estimate of drug-likeness (QED) is 0.331. The van der Waals surface area contributed by atoms with E-state index in [0.29, 0.717) is 10.9 Å².